The molecular formula is C8H14O. The van der Waals surface area contributed by atoms with Crippen molar-refractivity contribution in [3.63, 3.8) is 0 Å². The zero-order chi connectivity index (χ0) is 6.74. The maximum Gasteiger partial charge on any atom is 0.0799 e. The summed E-state index contributed by atoms with van der Waals surface area (Å²) in [6, 6.07) is 0. The molecule has 0 aliphatic heterocycles. The fraction of sp³-hybridized carbons (Fsp3) is 0.750. The second kappa shape index (κ2) is 2.53. The maximum absolute atomic E-state index is 9.47. The molecule has 52 valence electrons. The summed E-state index contributed by atoms with van der Waals surface area (Å²) in [7, 11) is 0. The molecule has 0 fully saturated rings. The number of allylic oxidation sites excluding steroid dienone is 1. The highest BCUT2D eigenvalue weighted by Crippen LogP contribution is 2.19. The van der Waals surface area contributed by atoms with E-state index in [1.807, 2.05) is 13.0 Å². The summed E-state index contributed by atoms with van der Waals surface area (Å²) in [6.07, 6.45) is 8.43. The molecule has 1 heteroatoms. The van der Waals surface area contributed by atoms with E-state index in [1.165, 1.54) is 6.42 Å². The van der Waals surface area contributed by atoms with Crippen molar-refractivity contribution < 1.29 is 5.11 Å². The van der Waals surface area contributed by atoms with Gasteiger partial charge in [0.15, 0.2) is 0 Å². The van der Waals surface area contributed by atoms with E-state index in [2.05, 4.69) is 6.08 Å². The highest BCUT2D eigenvalue weighted by Gasteiger charge is 2.16. The summed E-state index contributed by atoms with van der Waals surface area (Å²) in [5, 5.41) is 9.47. The van der Waals surface area contributed by atoms with Crippen LogP contribution in [0.15, 0.2) is 12.2 Å². The first-order valence-electron chi connectivity index (χ1n) is 3.61. The molecule has 1 aliphatic rings. The van der Waals surface area contributed by atoms with Gasteiger partial charge in [0.05, 0.1) is 5.60 Å². The lowest BCUT2D eigenvalue weighted by Crippen LogP contribution is -2.18. The monoisotopic (exact) mass is 126 g/mol. The van der Waals surface area contributed by atoms with Gasteiger partial charge in [-0.2, -0.15) is 0 Å². The van der Waals surface area contributed by atoms with Crippen molar-refractivity contribution in [1.82, 2.24) is 0 Å². The highest BCUT2D eigenvalue weighted by atomic mass is 16.3. The third-order valence-electron chi connectivity index (χ3n) is 1.78. The normalized spacial score (nSPS) is 36.2. The van der Waals surface area contributed by atoms with Gasteiger partial charge in [0.2, 0.25) is 0 Å². The lowest BCUT2D eigenvalue weighted by Gasteiger charge is -2.15. The van der Waals surface area contributed by atoms with Gasteiger partial charge in [-0.3, -0.25) is 0 Å². The standard InChI is InChI=1S/C8H14O/c1-8(9)6-4-2-3-5-7-8/h4,6,9H,2-3,5,7H2,1H3/t8-/m1/s1. The van der Waals surface area contributed by atoms with Crippen LogP contribution in [0.1, 0.15) is 32.6 Å². The van der Waals surface area contributed by atoms with Crippen LogP contribution >= 0.6 is 0 Å². The van der Waals surface area contributed by atoms with Gasteiger partial charge in [-0.1, -0.05) is 12.2 Å². The van der Waals surface area contributed by atoms with Gasteiger partial charge < -0.3 is 5.11 Å². The van der Waals surface area contributed by atoms with Crippen LogP contribution in [-0.2, 0) is 0 Å². The molecule has 0 saturated carbocycles. The molecule has 1 N–H and O–H groups in total. The maximum atomic E-state index is 9.47. The van der Waals surface area contributed by atoms with Gasteiger partial charge in [0.1, 0.15) is 0 Å². The molecule has 0 radical (unpaired) electrons. The molecule has 0 unspecified atom stereocenters. The van der Waals surface area contributed by atoms with Gasteiger partial charge >= 0.3 is 0 Å². The molecule has 1 nitrogen and oxygen atoms in total. The van der Waals surface area contributed by atoms with E-state index < -0.39 is 5.60 Å². The topological polar surface area (TPSA) is 20.2 Å². The van der Waals surface area contributed by atoms with E-state index in [-0.39, 0.29) is 0 Å². The van der Waals surface area contributed by atoms with Crippen LogP contribution in [0, 0.1) is 0 Å². The molecular weight excluding hydrogens is 112 g/mol. The Morgan fingerprint density at radius 1 is 1.44 bits per heavy atom. The van der Waals surface area contributed by atoms with Gasteiger partial charge in [-0.15, -0.1) is 0 Å². The number of rotatable bonds is 0. The van der Waals surface area contributed by atoms with E-state index >= 15 is 0 Å². The second-order valence-corrected chi connectivity index (χ2v) is 3.01. The molecule has 1 aliphatic carbocycles. The summed E-state index contributed by atoms with van der Waals surface area (Å²) in [6.45, 7) is 1.87. The molecule has 0 aromatic heterocycles. The predicted octanol–water partition coefficient (Wildman–Crippen LogP) is 1.87. The minimum atomic E-state index is -0.517. The lowest BCUT2D eigenvalue weighted by molar-refractivity contribution is 0.101. The van der Waals surface area contributed by atoms with E-state index in [9.17, 15) is 5.11 Å². The Balaban J connectivity index is 2.52. The van der Waals surface area contributed by atoms with Crippen LogP contribution in [0.3, 0.4) is 0 Å². The Bertz CT molecular complexity index is 114. The molecule has 1 atom stereocenters. The molecule has 0 aromatic carbocycles. The predicted molar refractivity (Wildman–Crippen MR) is 38.2 cm³/mol. The minimum Gasteiger partial charge on any atom is -0.386 e. The van der Waals surface area contributed by atoms with Gasteiger partial charge in [-0.05, 0) is 32.6 Å². The van der Waals surface area contributed by atoms with Crippen molar-refractivity contribution in [3.05, 3.63) is 12.2 Å². The molecule has 0 heterocycles. The van der Waals surface area contributed by atoms with Crippen molar-refractivity contribution in [2.24, 2.45) is 0 Å². The van der Waals surface area contributed by atoms with Crippen LogP contribution < -0.4 is 0 Å². The minimum absolute atomic E-state index is 0.517. The molecule has 0 spiro atoms. The van der Waals surface area contributed by atoms with E-state index in [4.69, 9.17) is 0 Å². The van der Waals surface area contributed by atoms with E-state index in [1.54, 1.807) is 0 Å². The lowest BCUT2D eigenvalue weighted by atomic mass is 10.0. The average molecular weight is 126 g/mol. The molecule has 1 rings (SSSR count). The zero-order valence-electron chi connectivity index (χ0n) is 5.93. The summed E-state index contributed by atoms with van der Waals surface area (Å²) >= 11 is 0. The largest absolute Gasteiger partial charge is 0.386 e. The summed E-state index contributed by atoms with van der Waals surface area (Å²) in [5.74, 6) is 0. The zero-order valence-corrected chi connectivity index (χ0v) is 5.93. The first-order chi connectivity index (χ1) is 4.21. The van der Waals surface area contributed by atoms with Crippen LogP contribution in [0.5, 0.6) is 0 Å². The quantitative estimate of drug-likeness (QED) is 0.491. The molecule has 9 heavy (non-hydrogen) atoms. The molecule has 0 aromatic rings. The summed E-state index contributed by atoms with van der Waals surface area (Å²) in [5.41, 5.74) is -0.517. The van der Waals surface area contributed by atoms with Crippen molar-refractivity contribution in [2.45, 2.75) is 38.2 Å². The van der Waals surface area contributed by atoms with E-state index in [0.717, 1.165) is 19.3 Å². The van der Waals surface area contributed by atoms with Crippen LogP contribution in [0.25, 0.3) is 0 Å². The first kappa shape index (κ1) is 6.81. The number of aliphatic hydroxyl groups is 1. The number of hydrogen-bond donors (Lipinski definition) is 1. The van der Waals surface area contributed by atoms with Gasteiger partial charge in [0.25, 0.3) is 0 Å². The van der Waals surface area contributed by atoms with Gasteiger partial charge in [0, 0.05) is 0 Å². The average Bonchev–Trinajstić information content (AvgIpc) is 1.92. The van der Waals surface area contributed by atoms with Crippen LogP contribution in [0.4, 0.5) is 0 Å². The molecule has 0 bridgehead atoms. The summed E-state index contributed by atoms with van der Waals surface area (Å²) in [4.78, 5) is 0. The fourth-order valence-corrected chi connectivity index (χ4v) is 1.17. The van der Waals surface area contributed by atoms with Crippen molar-refractivity contribution in [2.75, 3.05) is 0 Å². The van der Waals surface area contributed by atoms with Crippen LogP contribution in [-0.4, -0.2) is 10.7 Å². The van der Waals surface area contributed by atoms with Crippen molar-refractivity contribution in [1.29, 1.82) is 0 Å². The SMILES string of the molecule is C[C@@]1(O)C=CCCCC1. The number of hydrogen-bond acceptors (Lipinski definition) is 1. The molecule has 0 saturated heterocycles. The Morgan fingerprint density at radius 3 is 3.00 bits per heavy atom. The van der Waals surface area contributed by atoms with Crippen molar-refractivity contribution in [3.8, 4) is 0 Å². The first-order valence-corrected chi connectivity index (χ1v) is 3.61. The van der Waals surface area contributed by atoms with Crippen LogP contribution in [0.2, 0.25) is 0 Å². The second-order valence-electron chi connectivity index (χ2n) is 3.01. The highest BCUT2D eigenvalue weighted by molar-refractivity contribution is 4.99. The fourth-order valence-electron chi connectivity index (χ4n) is 1.17. The third-order valence-corrected chi connectivity index (χ3v) is 1.78. The van der Waals surface area contributed by atoms with E-state index in [0.29, 0.717) is 0 Å². The Morgan fingerprint density at radius 2 is 2.22 bits per heavy atom. The van der Waals surface area contributed by atoms with Gasteiger partial charge in [-0.25, -0.2) is 0 Å². The smallest absolute Gasteiger partial charge is 0.0799 e. The Kier molecular flexibility index (Phi) is 1.91. The molecule has 0 amide bonds. The third kappa shape index (κ3) is 2.19. The summed E-state index contributed by atoms with van der Waals surface area (Å²) < 4.78 is 0. The Hall–Kier alpha value is -0.300. The van der Waals surface area contributed by atoms with Crippen molar-refractivity contribution >= 4 is 0 Å². The Labute approximate surface area is 56.4 Å².